The van der Waals surface area contributed by atoms with Crippen LogP contribution in [0.3, 0.4) is 0 Å². The number of phenols is 1. The van der Waals surface area contributed by atoms with Crippen molar-refractivity contribution in [2.75, 3.05) is 5.32 Å². The zero-order valence-corrected chi connectivity index (χ0v) is 14.4. The van der Waals surface area contributed by atoms with Crippen molar-refractivity contribution in [3.63, 3.8) is 0 Å². The number of carbonyl (C=O) groups excluding carboxylic acids is 1. The molecule has 2 N–H and O–H groups in total. The van der Waals surface area contributed by atoms with Crippen LogP contribution in [0.1, 0.15) is 10.6 Å². The molecule has 4 aromatic rings. The van der Waals surface area contributed by atoms with E-state index in [-0.39, 0.29) is 11.5 Å². The van der Waals surface area contributed by atoms with Gasteiger partial charge in [0.15, 0.2) is 5.76 Å². The van der Waals surface area contributed by atoms with Crippen LogP contribution < -0.4 is 5.32 Å². The molecule has 0 aliphatic heterocycles. The van der Waals surface area contributed by atoms with Gasteiger partial charge in [0.2, 0.25) is 0 Å². The van der Waals surface area contributed by atoms with E-state index in [1.54, 1.807) is 12.1 Å². The number of hydrogen-bond acceptors (Lipinski definition) is 7. The van der Waals surface area contributed by atoms with Gasteiger partial charge < -0.3 is 14.8 Å². The summed E-state index contributed by atoms with van der Waals surface area (Å²) in [5.74, 6) is -1.42. The van der Waals surface area contributed by atoms with Crippen molar-refractivity contribution in [3.05, 3.63) is 70.5 Å². The Labute approximate surface area is 155 Å². The van der Waals surface area contributed by atoms with Crippen LogP contribution in [-0.2, 0) is 0 Å². The van der Waals surface area contributed by atoms with Crippen molar-refractivity contribution >= 4 is 39.0 Å². The maximum atomic E-state index is 12.1. The predicted octanol–water partition coefficient (Wildman–Crippen LogP) is 4.42. The number of aromatic nitrogens is 1. The molecule has 0 aliphatic carbocycles. The zero-order valence-electron chi connectivity index (χ0n) is 13.6. The number of nitrogens with zero attached hydrogens (tertiary/aromatic N) is 2. The highest BCUT2D eigenvalue weighted by molar-refractivity contribution is 7.21. The average Bonchev–Trinajstić information content (AvgIpc) is 3.29. The van der Waals surface area contributed by atoms with Gasteiger partial charge in [-0.2, -0.15) is 0 Å². The number of phenolic OH excluding ortho intramolecular Hbond substituents is 1. The van der Waals surface area contributed by atoms with E-state index in [0.717, 1.165) is 16.3 Å². The summed E-state index contributed by atoms with van der Waals surface area (Å²) in [6.07, 6.45) is 0. The SMILES string of the molecule is O=C(Nc1ccc(-c2nc3ccccc3s2)c(O)c1)c1ccc([N+](=O)[O-])o1. The number of rotatable bonds is 4. The van der Waals surface area contributed by atoms with E-state index in [2.05, 4.69) is 10.3 Å². The lowest BCUT2D eigenvalue weighted by Crippen LogP contribution is -2.10. The Morgan fingerprint density at radius 3 is 2.70 bits per heavy atom. The molecule has 2 aromatic heterocycles. The number of benzene rings is 2. The van der Waals surface area contributed by atoms with Gasteiger partial charge in [-0.3, -0.25) is 14.9 Å². The minimum absolute atomic E-state index is 0.0442. The first-order valence-electron chi connectivity index (χ1n) is 7.76. The molecule has 0 saturated heterocycles. The number of fused-ring (bicyclic) bond motifs is 1. The fourth-order valence-corrected chi connectivity index (χ4v) is 3.52. The summed E-state index contributed by atoms with van der Waals surface area (Å²) in [7, 11) is 0. The molecular formula is C18H11N3O5S. The largest absolute Gasteiger partial charge is 0.507 e. The van der Waals surface area contributed by atoms with Crippen molar-refractivity contribution in [1.29, 1.82) is 0 Å². The van der Waals surface area contributed by atoms with Crippen molar-refractivity contribution < 1.29 is 19.2 Å². The van der Waals surface area contributed by atoms with Gasteiger partial charge in [0.25, 0.3) is 5.91 Å². The van der Waals surface area contributed by atoms with Crippen LogP contribution in [0.15, 0.2) is 59.0 Å². The molecule has 134 valence electrons. The number of hydrogen-bond donors (Lipinski definition) is 2. The van der Waals surface area contributed by atoms with Crippen LogP contribution in [0.5, 0.6) is 5.75 Å². The van der Waals surface area contributed by atoms with Crippen LogP contribution >= 0.6 is 11.3 Å². The second-order valence-corrected chi connectivity index (χ2v) is 6.60. The Bertz CT molecular complexity index is 1150. The molecule has 1 amide bonds. The minimum Gasteiger partial charge on any atom is -0.507 e. The Kier molecular flexibility index (Phi) is 4.05. The van der Waals surface area contributed by atoms with Gasteiger partial charge in [-0.25, -0.2) is 4.98 Å². The number of anilines is 1. The van der Waals surface area contributed by atoms with Gasteiger partial charge >= 0.3 is 5.88 Å². The van der Waals surface area contributed by atoms with E-state index in [1.807, 2.05) is 24.3 Å². The summed E-state index contributed by atoms with van der Waals surface area (Å²) in [5, 5.41) is 24.1. The van der Waals surface area contributed by atoms with E-state index in [4.69, 9.17) is 4.42 Å². The molecule has 0 unspecified atom stereocenters. The first-order valence-corrected chi connectivity index (χ1v) is 8.57. The van der Waals surface area contributed by atoms with Crippen LogP contribution in [0.2, 0.25) is 0 Å². The topological polar surface area (TPSA) is 119 Å². The monoisotopic (exact) mass is 381 g/mol. The number of furan rings is 1. The van der Waals surface area contributed by atoms with E-state index >= 15 is 0 Å². The third-order valence-electron chi connectivity index (χ3n) is 3.78. The summed E-state index contributed by atoms with van der Waals surface area (Å²) in [4.78, 5) is 26.5. The maximum Gasteiger partial charge on any atom is 0.433 e. The lowest BCUT2D eigenvalue weighted by Gasteiger charge is -2.06. The third kappa shape index (κ3) is 3.23. The highest BCUT2D eigenvalue weighted by atomic mass is 32.1. The minimum atomic E-state index is -0.727. The smallest absolute Gasteiger partial charge is 0.433 e. The first-order chi connectivity index (χ1) is 13.0. The van der Waals surface area contributed by atoms with Crippen molar-refractivity contribution in [3.8, 4) is 16.3 Å². The molecule has 0 aliphatic rings. The predicted molar refractivity (Wildman–Crippen MR) is 100 cm³/mol. The fourth-order valence-electron chi connectivity index (χ4n) is 2.52. The second kappa shape index (κ2) is 6.54. The molecule has 0 saturated carbocycles. The highest BCUT2D eigenvalue weighted by Crippen LogP contribution is 2.36. The Balaban J connectivity index is 1.57. The van der Waals surface area contributed by atoms with Gasteiger partial charge in [0, 0.05) is 11.8 Å². The molecule has 0 radical (unpaired) electrons. The second-order valence-electron chi connectivity index (χ2n) is 5.57. The van der Waals surface area contributed by atoms with Gasteiger partial charge in [0.1, 0.15) is 15.7 Å². The number of carbonyl (C=O) groups is 1. The van der Waals surface area contributed by atoms with Gasteiger partial charge in [-0.05, 0) is 30.3 Å². The van der Waals surface area contributed by atoms with Crippen molar-refractivity contribution in [1.82, 2.24) is 4.98 Å². The number of thiazole rings is 1. The molecule has 2 heterocycles. The number of nitrogens with one attached hydrogen (secondary N) is 1. The molecule has 27 heavy (non-hydrogen) atoms. The van der Waals surface area contributed by atoms with Crippen LogP contribution in [0.25, 0.3) is 20.8 Å². The summed E-state index contributed by atoms with van der Waals surface area (Å²) in [5.41, 5.74) is 1.71. The summed E-state index contributed by atoms with van der Waals surface area (Å²) in [6.45, 7) is 0. The number of amides is 1. The fraction of sp³-hybridized carbons (Fsp3) is 0. The van der Waals surface area contributed by atoms with E-state index in [9.17, 15) is 20.0 Å². The zero-order chi connectivity index (χ0) is 19.0. The van der Waals surface area contributed by atoms with Gasteiger partial charge in [-0.15, -0.1) is 11.3 Å². The molecule has 0 spiro atoms. The van der Waals surface area contributed by atoms with Crippen molar-refractivity contribution in [2.24, 2.45) is 0 Å². The molecule has 0 atom stereocenters. The van der Waals surface area contributed by atoms with Crippen LogP contribution in [-0.4, -0.2) is 20.9 Å². The number of para-hydroxylation sites is 1. The third-order valence-corrected chi connectivity index (χ3v) is 4.85. The summed E-state index contributed by atoms with van der Waals surface area (Å²) >= 11 is 1.45. The maximum absolute atomic E-state index is 12.1. The molecule has 0 bridgehead atoms. The number of nitro groups is 1. The molecule has 9 heteroatoms. The van der Waals surface area contributed by atoms with Crippen LogP contribution in [0, 0.1) is 10.1 Å². The first kappa shape index (κ1) is 16.7. The lowest BCUT2D eigenvalue weighted by atomic mass is 10.2. The Morgan fingerprint density at radius 1 is 1.19 bits per heavy atom. The molecule has 8 nitrogen and oxygen atoms in total. The molecule has 0 fully saturated rings. The highest BCUT2D eigenvalue weighted by Gasteiger charge is 2.18. The standard InChI is InChI=1S/C18H11N3O5S/c22-13-9-10(19-17(23)14-7-8-16(26-14)21(24)25)5-6-11(13)18-20-12-3-1-2-4-15(12)27-18/h1-9,22H,(H,19,23). The normalized spacial score (nSPS) is 10.8. The van der Waals surface area contributed by atoms with E-state index < -0.39 is 16.7 Å². The van der Waals surface area contributed by atoms with Gasteiger partial charge in [-0.1, -0.05) is 12.1 Å². The lowest BCUT2D eigenvalue weighted by molar-refractivity contribution is -0.402. The quantitative estimate of drug-likeness (QED) is 0.399. The van der Waals surface area contributed by atoms with Crippen LogP contribution in [0.4, 0.5) is 11.6 Å². The Morgan fingerprint density at radius 2 is 2.00 bits per heavy atom. The van der Waals surface area contributed by atoms with Crippen molar-refractivity contribution in [2.45, 2.75) is 0 Å². The average molecular weight is 381 g/mol. The molecular weight excluding hydrogens is 370 g/mol. The summed E-state index contributed by atoms with van der Waals surface area (Å²) < 4.78 is 5.86. The molecule has 2 aromatic carbocycles. The number of aromatic hydroxyl groups is 1. The van der Waals surface area contributed by atoms with E-state index in [1.165, 1.54) is 23.5 Å². The summed E-state index contributed by atoms with van der Waals surface area (Å²) in [6, 6.07) is 14.6. The van der Waals surface area contributed by atoms with Gasteiger partial charge in [0.05, 0.1) is 21.8 Å². The molecule has 4 rings (SSSR count). The van der Waals surface area contributed by atoms with E-state index in [0.29, 0.717) is 16.3 Å². The Hall–Kier alpha value is -3.72.